The highest BCUT2D eigenvalue weighted by Gasteiger charge is 2.21. The van der Waals surface area contributed by atoms with Crippen molar-refractivity contribution in [3.63, 3.8) is 0 Å². The van der Waals surface area contributed by atoms with E-state index in [-0.39, 0.29) is 11.6 Å². The lowest BCUT2D eigenvalue weighted by Crippen LogP contribution is -2.00. The Morgan fingerprint density at radius 1 is 0.778 bits per heavy atom. The summed E-state index contributed by atoms with van der Waals surface area (Å²) in [6, 6.07) is 5.10. The van der Waals surface area contributed by atoms with Crippen LogP contribution in [-0.2, 0) is 0 Å². The van der Waals surface area contributed by atoms with Crippen LogP contribution in [0.4, 0.5) is 17.6 Å². The molecule has 0 radical (unpaired) electrons. The second-order valence-corrected chi connectivity index (χ2v) is 4.16. The number of hydrogen-bond acceptors (Lipinski definition) is 0. The molecule has 0 fully saturated rings. The number of hydrogen-bond donors (Lipinski definition) is 0. The van der Waals surface area contributed by atoms with E-state index < -0.39 is 28.8 Å². The molecular weight excluding hydrogens is 244 g/mol. The van der Waals surface area contributed by atoms with Gasteiger partial charge in [0.2, 0.25) is 0 Å². The molecule has 4 heteroatoms. The molecule has 0 spiro atoms. The van der Waals surface area contributed by atoms with Crippen LogP contribution in [0.5, 0.6) is 0 Å². The lowest BCUT2D eigenvalue weighted by molar-refractivity contribution is 0.458. The topological polar surface area (TPSA) is 0 Å². The summed E-state index contributed by atoms with van der Waals surface area (Å²) in [6.45, 7) is 3.35. The minimum atomic E-state index is -1.40. The molecule has 0 aromatic heterocycles. The molecule has 0 aliphatic carbocycles. The molecule has 2 aromatic carbocycles. The summed E-state index contributed by atoms with van der Waals surface area (Å²) in [4.78, 5) is 0. The van der Waals surface area contributed by atoms with Gasteiger partial charge in [0.1, 0.15) is 0 Å². The molecule has 0 atom stereocenters. The predicted molar refractivity (Wildman–Crippen MR) is 61.2 cm³/mol. The molecule has 0 N–H and O–H groups in total. The Morgan fingerprint density at radius 3 is 1.89 bits per heavy atom. The maximum atomic E-state index is 13.7. The van der Waals surface area contributed by atoms with E-state index in [2.05, 4.69) is 0 Å². The van der Waals surface area contributed by atoms with Crippen molar-refractivity contribution < 1.29 is 17.6 Å². The first-order valence-electron chi connectivity index (χ1n) is 5.32. The van der Waals surface area contributed by atoms with Gasteiger partial charge >= 0.3 is 0 Å². The number of halogens is 4. The van der Waals surface area contributed by atoms with Crippen LogP contribution in [0.1, 0.15) is 11.1 Å². The maximum Gasteiger partial charge on any atom is 0.169 e. The zero-order chi connectivity index (χ0) is 13.4. The Morgan fingerprint density at radius 2 is 1.33 bits per heavy atom. The number of aryl methyl sites for hydroxylation is 2. The van der Waals surface area contributed by atoms with Gasteiger partial charge in [0.25, 0.3) is 0 Å². The standard InChI is InChI=1S/C14H10F4/c1-7-3-4-8(2)9(5-7)12-13(17)10(15)6-11(16)14(12)18/h3-6H,1-2H3. The second-order valence-electron chi connectivity index (χ2n) is 4.16. The lowest BCUT2D eigenvalue weighted by Gasteiger charge is -2.10. The van der Waals surface area contributed by atoms with Crippen molar-refractivity contribution in [2.75, 3.05) is 0 Å². The van der Waals surface area contributed by atoms with Crippen molar-refractivity contribution in [1.82, 2.24) is 0 Å². The van der Waals surface area contributed by atoms with Gasteiger partial charge in [-0.25, -0.2) is 17.6 Å². The van der Waals surface area contributed by atoms with Gasteiger partial charge in [0.15, 0.2) is 23.3 Å². The van der Waals surface area contributed by atoms with Crippen LogP contribution in [0.2, 0.25) is 0 Å². The van der Waals surface area contributed by atoms with Crippen molar-refractivity contribution >= 4 is 0 Å². The largest absolute Gasteiger partial charge is 0.204 e. The highest BCUT2D eigenvalue weighted by atomic mass is 19.2. The predicted octanol–water partition coefficient (Wildman–Crippen LogP) is 4.53. The summed E-state index contributed by atoms with van der Waals surface area (Å²) in [6.07, 6.45) is 0. The highest BCUT2D eigenvalue weighted by molar-refractivity contribution is 5.69. The molecule has 0 aliphatic heterocycles. The average Bonchev–Trinajstić information content (AvgIpc) is 2.31. The monoisotopic (exact) mass is 254 g/mol. The molecule has 2 rings (SSSR count). The van der Waals surface area contributed by atoms with Crippen molar-refractivity contribution in [3.05, 3.63) is 58.7 Å². The van der Waals surface area contributed by atoms with E-state index >= 15 is 0 Å². The van der Waals surface area contributed by atoms with Crippen molar-refractivity contribution in [2.45, 2.75) is 13.8 Å². The molecule has 94 valence electrons. The Kier molecular flexibility index (Phi) is 3.11. The summed E-state index contributed by atoms with van der Waals surface area (Å²) in [5, 5.41) is 0. The quantitative estimate of drug-likeness (QED) is 0.518. The highest BCUT2D eigenvalue weighted by Crippen LogP contribution is 2.32. The third-order valence-electron chi connectivity index (χ3n) is 2.77. The zero-order valence-corrected chi connectivity index (χ0v) is 9.82. The smallest absolute Gasteiger partial charge is 0.169 e. The fourth-order valence-electron chi connectivity index (χ4n) is 1.81. The summed E-state index contributed by atoms with van der Waals surface area (Å²) >= 11 is 0. The normalized spacial score (nSPS) is 10.8. The zero-order valence-electron chi connectivity index (χ0n) is 9.82. The first-order chi connectivity index (χ1) is 8.41. The molecule has 0 saturated carbocycles. The van der Waals surface area contributed by atoms with Gasteiger partial charge in [-0.1, -0.05) is 23.8 Å². The Bertz CT molecular complexity index is 591. The van der Waals surface area contributed by atoms with Crippen molar-refractivity contribution in [2.24, 2.45) is 0 Å². The molecule has 0 unspecified atom stereocenters. The van der Waals surface area contributed by atoms with Crippen LogP contribution < -0.4 is 0 Å². The molecule has 0 heterocycles. The van der Waals surface area contributed by atoms with E-state index in [1.54, 1.807) is 26.0 Å². The van der Waals surface area contributed by atoms with Crippen molar-refractivity contribution in [3.8, 4) is 11.1 Å². The summed E-state index contributed by atoms with van der Waals surface area (Å²) < 4.78 is 53.6. The molecule has 0 saturated heterocycles. The fourth-order valence-corrected chi connectivity index (χ4v) is 1.81. The van der Waals surface area contributed by atoms with E-state index in [9.17, 15) is 17.6 Å². The van der Waals surface area contributed by atoms with Crippen LogP contribution in [0.25, 0.3) is 11.1 Å². The van der Waals surface area contributed by atoms with E-state index in [0.717, 1.165) is 5.56 Å². The molecule has 2 aromatic rings. The first kappa shape index (κ1) is 12.6. The Hall–Kier alpha value is -1.84. The van der Waals surface area contributed by atoms with Gasteiger partial charge in [-0.15, -0.1) is 0 Å². The first-order valence-corrected chi connectivity index (χ1v) is 5.32. The molecular formula is C14H10F4. The number of rotatable bonds is 1. The Labute approximate surface area is 102 Å². The van der Waals surface area contributed by atoms with Crippen LogP contribution in [-0.4, -0.2) is 0 Å². The van der Waals surface area contributed by atoms with Gasteiger partial charge in [-0.2, -0.15) is 0 Å². The van der Waals surface area contributed by atoms with E-state index in [1.165, 1.54) is 6.07 Å². The SMILES string of the molecule is Cc1ccc(C)c(-c2c(F)c(F)cc(F)c2F)c1. The minimum Gasteiger partial charge on any atom is -0.204 e. The van der Waals surface area contributed by atoms with Crippen LogP contribution in [0.3, 0.4) is 0 Å². The molecule has 0 nitrogen and oxygen atoms in total. The number of benzene rings is 2. The van der Waals surface area contributed by atoms with Gasteiger partial charge < -0.3 is 0 Å². The average molecular weight is 254 g/mol. The van der Waals surface area contributed by atoms with Crippen LogP contribution >= 0.6 is 0 Å². The molecule has 18 heavy (non-hydrogen) atoms. The maximum absolute atomic E-state index is 13.7. The van der Waals surface area contributed by atoms with Gasteiger partial charge in [0.05, 0.1) is 5.56 Å². The summed E-state index contributed by atoms with van der Waals surface area (Å²) in [5.41, 5.74) is 0.791. The molecule has 0 aliphatic rings. The summed E-state index contributed by atoms with van der Waals surface area (Å²) in [7, 11) is 0. The van der Waals surface area contributed by atoms with Crippen LogP contribution in [0, 0.1) is 37.1 Å². The third kappa shape index (κ3) is 1.98. The fraction of sp³-hybridized carbons (Fsp3) is 0.143. The Balaban J connectivity index is 2.82. The van der Waals surface area contributed by atoms with Gasteiger partial charge in [0, 0.05) is 6.07 Å². The third-order valence-corrected chi connectivity index (χ3v) is 2.77. The second kappa shape index (κ2) is 4.44. The minimum absolute atomic E-state index is 0.156. The summed E-state index contributed by atoms with van der Waals surface area (Å²) in [5.74, 6) is -5.54. The van der Waals surface area contributed by atoms with E-state index in [4.69, 9.17) is 0 Å². The van der Waals surface area contributed by atoms with E-state index in [1.807, 2.05) is 0 Å². The van der Waals surface area contributed by atoms with Crippen LogP contribution in [0.15, 0.2) is 24.3 Å². The van der Waals surface area contributed by atoms with Gasteiger partial charge in [-0.3, -0.25) is 0 Å². The molecule has 0 bridgehead atoms. The van der Waals surface area contributed by atoms with Crippen molar-refractivity contribution in [1.29, 1.82) is 0 Å². The molecule has 0 amide bonds. The van der Waals surface area contributed by atoms with E-state index in [0.29, 0.717) is 5.56 Å². The van der Waals surface area contributed by atoms with Gasteiger partial charge in [-0.05, 0) is 25.0 Å². The lowest BCUT2D eigenvalue weighted by atomic mass is 9.97.